The van der Waals surface area contributed by atoms with E-state index in [4.69, 9.17) is 0 Å². The number of carboxylic acid groups (broad SMARTS) is 1. The molecule has 102 valence electrons. The molecule has 2 rings (SSSR count). The first-order chi connectivity index (χ1) is 9.15. The monoisotopic (exact) mass is 260 g/mol. The van der Waals surface area contributed by atoms with E-state index in [2.05, 4.69) is 18.9 Å². The van der Waals surface area contributed by atoms with E-state index in [0.29, 0.717) is 16.8 Å². The molecule has 1 atom stereocenters. The maximum Gasteiger partial charge on any atom is 0.339 e. The van der Waals surface area contributed by atoms with Crippen LogP contribution in [0.25, 0.3) is 5.52 Å². The number of hydrogen-bond acceptors (Lipinski definition) is 2. The van der Waals surface area contributed by atoms with Gasteiger partial charge in [-0.15, -0.1) is 0 Å². The Morgan fingerprint density at radius 3 is 2.89 bits per heavy atom. The van der Waals surface area contributed by atoms with E-state index in [1.165, 1.54) is 12.8 Å². The zero-order chi connectivity index (χ0) is 13.8. The molecule has 1 N–H and O–H groups in total. The number of fused-ring (bicyclic) bond motifs is 1. The quantitative estimate of drug-likeness (QED) is 0.805. The summed E-state index contributed by atoms with van der Waals surface area (Å²) in [7, 11) is 0. The van der Waals surface area contributed by atoms with Crippen LogP contribution in [0, 0.1) is 0 Å². The fourth-order valence-corrected chi connectivity index (χ4v) is 2.42. The maximum absolute atomic E-state index is 11.5. The van der Waals surface area contributed by atoms with E-state index >= 15 is 0 Å². The molecule has 0 fully saturated rings. The van der Waals surface area contributed by atoms with E-state index in [-0.39, 0.29) is 5.92 Å². The van der Waals surface area contributed by atoms with Gasteiger partial charge in [-0.05, 0) is 18.6 Å². The zero-order valence-corrected chi connectivity index (χ0v) is 11.5. The van der Waals surface area contributed by atoms with Crippen molar-refractivity contribution in [1.29, 1.82) is 0 Å². The van der Waals surface area contributed by atoms with Crippen molar-refractivity contribution in [1.82, 2.24) is 9.61 Å². The summed E-state index contributed by atoms with van der Waals surface area (Å²) in [5.41, 5.74) is 1.73. The zero-order valence-electron chi connectivity index (χ0n) is 11.5. The van der Waals surface area contributed by atoms with Crippen LogP contribution in [0.2, 0.25) is 0 Å². The predicted octanol–water partition coefficient (Wildman–Crippen LogP) is 3.72. The van der Waals surface area contributed by atoms with Crippen LogP contribution in [0.4, 0.5) is 0 Å². The number of aromatic nitrogens is 2. The highest BCUT2D eigenvalue weighted by Gasteiger charge is 2.22. The van der Waals surface area contributed by atoms with E-state index in [0.717, 1.165) is 12.8 Å². The lowest BCUT2D eigenvalue weighted by Crippen LogP contribution is -2.04. The fourth-order valence-electron chi connectivity index (χ4n) is 2.42. The summed E-state index contributed by atoms with van der Waals surface area (Å²) in [6.07, 6.45) is 6.25. The maximum atomic E-state index is 11.5. The van der Waals surface area contributed by atoms with Gasteiger partial charge in [0.15, 0.2) is 0 Å². The third-order valence-corrected chi connectivity index (χ3v) is 3.49. The second-order valence-electron chi connectivity index (χ2n) is 4.99. The van der Waals surface area contributed by atoms with Gasteiger partial charge in [-0.1, -0.05) is 39.2 Å². The molecule has 0 saturated carbocycles. The van der Waals surface area contributed by atoms with Crippen molar-refractivity contribution in [3.63, 3.8) is 0 Å². The lowest BCUT2D eigenvalue weighted by molar-refractivity contribution is 0.0697. The molecule has 0 aliphatic rings. The standard InChI is InChI=1S/C15H20N2O2/c1-3-4-5-8-11(2)14-13(15(18)19)12-9-6-7-10-17(12)16-14/h6-7,9-11H,3-5,8H2,1-2H3,(H,18,19). The van der Waals surface area contributed by atoms with Crippen molar-refractivity contribution in [2.45, 2.75) is 45.4 Å². The van der Waals surface area contributed by atoms with Gasteiger partial charge in [0.1, 0.15) is 5.56 Å². The van der Waals surface area contributed by atoms with Crippen LogP contribution >= 0.6 is 0 Å². The van der Waals surface area contributed by atoms with Gasteiger partial charge >= 0.3 is 5.97 Å². The molecule has 0 aliphatic carbocycles. The summed E-state index contributed by atoms with van der Waals surface area (Å²) in [6, 6.07) is 5.50. The van der Waals surface area contributed by atoms with Gasteiger partial charge in [0.05, 0.1) is 11.2 Å². The molecule has 0 amide bonds. The van der Waals surface area contributed by atoms with Crippen molar-refractivity contribution in [3.8, 4) is 0 Å². The molecule has 2 heterocycles. The molecular formula is C15H20N2O2. The van der Waals surface area contributed by atoms with Crippen LogP contribution in [0.15, 0.2) is 24.4 Å². The average Bonchev–Trinajstić information content (AvgIpc) is 2.78. The first-order valence-electron chi connectivity index (χ1n) is 6.85. The SMILES string of the molecule is CCCCCC(C)c1nn2ccccc2c1C(=O)O. The van der Waals surface area contributed by atoms with Gasteiger partial charge in [0, 0.05) is 12.1 Å². The minimum atomic E-state index is -0.890. The number of hydrogen-bond donors (Lipinski definition) is 1. The molecule has 4 heteroatoms. The smallest absolute Gasteiger partial charge is 0.339 e. The average molecular weight is 260 g/mol. The molecule has 19 heavy (non-hydrogen) atoms. The van der Waals surface area contributed by atoms with Gasteiger partial charge in [-0.3, -0.25) is 0 Å². The number of unbranched alkanes of at least 4 members (excludes halogenated alkanes) is 2. The molecule has 0 radical (unpaired) electrons. The molecule has 0 aromatic carbocycles. The van der Waals surface area contributed by atoms with E-state index in [9.17, 15) is 9.90 Å². The van der Waals surface area contributed by atoms with Crippen LogP contribution < -0.4 is 0 Å². The Kier molecular flexibility index (Phi) is 4.20. The second-order valence-corrected chi connectivity index (χ2v) is 4.99. The number of carbonyl (C=O) groups is 1. The third-order valence-electron chi connectivity index (χ3n) is 3.49. The van der Waals surface area contributed by atoms with Crippen molar-refractivity contribution in [2.24, 2.45) is 0 Å². The Balaban J connectivity index is 2.36. The molecule has 0 aliphatic heterocycles. The van der Waals surface area contributed by atoms with Crippen LogP contribution in [0.1, 0.15) is 61.5 Å². The highest BCUT2D eigenvalue weighted by atomic mass is 16.4. The molecule has 2 aromatic heterocycles. The first-order valence-corrected chi connectivity index (χ1v) is 6.85. The molecule has 0 bridgehead atoms. The van der Waals surface area contributed by atoms with Crippen LogP contribution in [0.3, 0.4) is 0 Å². The van der Waals surface area contributed by atoms with Gasteiger partial charge < -0.3 is 5.11 Å². The fraction of sp³-hybridized carbons (Fsp3) is 0.467. The third kappa shape index (κ3) is 2.78. The van der Waals surface area contributed by atoms with Crippen molar-refractivity contribution >= 4 is 11.5 Å². The van der Waals surface area contributed by atoms with E-state index in [1.54, 1.807) is 16.8 Å². The number of rotatable bonds is 6. The van der Waals surface area contributed by atoms with E-state index in [1.807, 2.05) is 12.1 Å². The summed E-state index contributed by atoms with van der Waals surface area (Å²) in [5.74, 6) is -0.712. The van der Waals surface area contributed by atoms with Gasteiger partial charge in [-0.25, -0.2) is 9.31 Å². The second kappa shape index (κ2) is 5.87. The van der Waals surface area contributed by atoms with Gasteiger partial charge in [0.2, 0.25) is 0 Å². The lowest BCUT2D eigenvalue weighted by Gasteiger charge is -2.08. The first kappa shape index (κ1) is 13.6. The Labute approximate surface area is 113 Å². The topological polar surface area (TPSA) is 54.6 Å². The summed E-state index contributed by atoms with van der Waals surface area (Å²) in [6.45, 7) is 4.22. The largest absolute Gasteiger partial charge is 0.478 e. The number of pyridine rings is 1. The van der Waals surface area contributed by atoms with Crippen LogP contribution in [-0.2, 0) is 0 Å². The van der Waals surface area contributed by atoms with Crippen molar-refractivity contribution in [3.05, 3.63) is 35.7 Å². The summed E-state index contributed by atoms with van der Waals surface area (Å²) in [4.78, 5) is 11.5. The molecule has 0 spiro atoms. The summed E-state index contributed by atoms with van der Waals surface area (Å²) >= 11 is 0. The van der Waals surface area contributed by atoms with Crippen molar-refractivity contribution in [2.75, 3.05) is 0 Å². The Morgan fingerprint density at radius 1 is 1.42 bits per heavy atom. The van der Waals surface area contributed by atoms with Crippen LogP contribution in [0.5, 0.6) is 0 Å². The lowest BCUT2D eigenvalue weighted by atomic mass is 9.96. The van der Waals surface area contributed by atoms with Gasteiger partial charge in [0.25, 0.3) is 0 Å². The van der Waals surface area contributed by atoms with Crippen molar-refractivity contribution < 1.29 is 9.90 Å². The molecule has 4 nitrogen and oxygen atoms in total. The van der Waals surface area contributed by atoms with Crippen LogP contribution in [-0.4, -0.2) is 20.7 Å². The number of aromatic carboxylic acids is 1. The highest BCUT2D eigenvalue weighted by Crippen LogP contribution is 2.27. The Bertz CT molecular complexity index is 575. The summed E-state index contributed by atoms with van der Waals surface area (Å²) < 4.78 is 1.66. The highest BCUT2D eigenvalue weighted by molar-refractivity contribution is 5.97. The Morgan fingerprint density at radius 2 is 2.21 bits per heavy atom. The van der Waals surface area contributed by atoms with E-state index < -0.39 is 5.97 Å². The Hall–Kier alpha value is -1.84. The number of nitrogens with zero attached hydrogens (tertiary/aromatic N) is 2. The molecular weight excluding hydrogens is 240 g/mol. The minimum absolute atomic E-state index is 0.178. The molecule has 0 saturated heterocycles. The molecule has 1 unspecified atom stereocenters. The summed E-state index contributed by atoms with van der Waals surface area (Å²) in [5, 5.41) is 13.9. The predicted molar refractivity (Wildman–Crippen MR) is 74.7 cm³/mol. The van der Waals surface area contributed by atoms with Gasteiger partial charge in [-0.2, -0.15) is 5.10 Å². The molecule has 2 aromatic rings. The number of carboxylic acids is 1. The normalized spacial score (nSPS) is 12.7. The minimum Gasteiger partial charge on any atom is -0.478 e.